The highest BCUT2D eigenvalue weighted by molar-refractivity contribution is 8.03. The van der Waals surface area contributed by atoms with Crippen LogP contribution in [0.5, 0.6) is 0 Å². The minimum absolute atomic E-state index is 0.230. The predicted octanol–water partition coefficient (Wildman–Crippen LogP) is 5.23. The number of benzene rings is 2. The van der Waals surface area contributed by atoms with Gasteiger partial charge in [0, 0.05) is 16.8 Å². The molecule has 0 aliphatic carbocycles. The minimum atomic E-state index is -3.95. The summed E-state index contributed by atoms with van der Waals surface area (Å²) in [4.78, 5) is 3.36. The number of nitrogens with zero attached hydrogens (tertiary/aromatic N) is 1. The fourth-order valence-corrected chi connectivity index (χ4v) is 4.83. The van der Waals surface area contributed by atoms with Crippen molar-refractivity contribution in [2.75, 3.05) is 17.2 Å². The van der Waals surface area contributed by atoms with E-state index < -0.39 is 10.1 Å². The third kappa shape index (κ3) is 4.14. The van der Waals surface area contributed by atoms with Gasteiger partial charge in [-0.05, 0) is 42.9 Å². The summed E-state index contributed by atoms with van der Waals surface area (Å²) in [5.41, 5.74) is 2.37. The van der Waals surface area contributed by atoms with Gasteiger partial charge in [-0.1, -0.05) is 55.1 Å². The van der Waals surface area contributed by atoms with Crippen LogP contribution in [-0.2, 0) is 10.1 Å². The number of hydrogen-bond acceptors (Lipinski definition) is 4. The number of rotatable bonds is 6. The van der Waals surface area contributed by atoms with Crippen LogP contribution in [0.1, 0.15) is 26.7 Å². The third-order valence-corrected chi connectivity index (χ3v) is 6.39. The Bertz CT molecular complexity index is 978. The second-order valence-corrected chi connectivity index (χ2v) is 8.86. The minimum Gasteiger partial charge on any atom is -0.334 e. The first-order valence-corrected chi connectivity index (χ1v) is 11.1. The molecule has 0 radical (unpaired) electrons. The van der Waals surface area contributed by atoms with Crippen molar-refractivity contribution in [3.63, 3.8) is 0 Å². The number of fused-ring (bicyclic) bond motifs is 3. The smallest absolute Gasteiger partial charge is 0.264 e. The second-order valence-electron chi connectivity index (χ2n) is 6.23. The van der Waals surface area contributed by atoms with Crippen molar-refractivity contribution in [2.45, 2.75) is 31.6 Å². The van der Waals surface area contributed by atoms with Crippen molar-refractivity contribution < 1.29 is 13.0 Å². The molecule has 0 saturated heterocycles. The van der Waals surface area contributed by atoms with Crippen molar-refractivity contribution in [3.05, 3.63) is 59.2 Å². The Morgan fingerprint density at radius 3 is 2.69 bits per heavy atom. The molecule has 4 nitrogen and oxygen atoms in total. The Balaban J connectivity index is 2.03. The quantitative estimate of drug-likeness (QED) is 0.686. The average molecular weight is 390 g/mol. The molecule has 138 valence electrons. The van der Waals surface area contributed by atoms with E-state index in [0.717, 1.165) is 27.9 Å². The Morgan fingerprint density at radius 2 is 2.00 bits per heavy atom. The van der Waals surface area contributed by atoms with Gasteiger partial charge in [0.05, 0.1) is 16.5 Å². The lowest BCUT2D eigenvalue weighted by molar-refractivity contribution is 0.481. The van der Waals surface area contributed by atoms with E-state index in [1.54, 1.807) is 11.8 Å². The van der Waals surface area contributed by atoms with Crippen molar-refractivity contribution in [2.24, 2.45) is 0 Å². The van der Waals surface area contributed by atoms with Gasteiger partial charge in [-0.25, -0.2) is 0 Å². The highest BCUT2D eigenvalue weighted by atomic mass is 32.2. The van der Waals surface area contributed by atoms with Crippen LogP contribution in [0, 0.1) is 0 Å². The van der Waals surface area contributed by atoms with Crippen LogP contribution >= 0.6 is 11.8 Å². The lowest BCUT2D eigenvalue weighted by atomic mass is 10.1. The second kappa shape index (κ2) is 7.86. The van der Waals surface area contributed by atoms with E-state index in [4.69, 9.17) is 4.55 Å². The maximum atomic E-state index is 11.1. The van der Waals surface area contributed by atoms with Crippen LogP contribution in [0.15, 0.2) is 64.0 Å². The highest BCUT2D eigenvalue weighted by Gasteiger charge is 2.27. The van der Waals surface area contributed by atoms with E-state index in [-0.39, 0.29) is 5.75 Å². The molecule has 0 fully saturated rings. The number of allylic oxidation sites excluding steroid dienone is 3. The van der Waals surface area contributed by atoms with Crippen LogP contribution in [0.2, 0.25) is 0 Å². The number of anilines is 1. The van der Waals surface area contributed by atoms with Crippen LogP contribution in [-0.4, -0.2) is 25.3 Å². The number of thioether (sulfide) groups is 1. The molecule has 2 aromatic carbocycles. The van der Waals surface area contributed by atoms with E-state index in [9.17, 15) is 8.42 Å². The molecule has 0 amide bonds. The van der Waals surface area contributed by atoms with Gasteiger partial charge in [-0.3, -0.25) is 4.55 Å². The third-order valence-electron chi connectivity index (χ3n) is 4.49. The molecule has 0 atom stereocenters. The molecule has 26 heavy (non-hydrogen) atoms. The lowest BCUT2D eigenvalue weighted by Gasteiger charge is -2.22. The lowest BCUT2D eigenvalue weighted by Crippen LogP contribution is -2.22. The molecule has 3 rings (SSSR count). The fourth-order valence-electron chi connectivity index (χ4n) is 3.16. The molecule has 1 aliphatic heterocycles. The molecule has 6 heteroatoms. The van der Waals surface area contributed by atoms with Gasteiger partial charge in [0.15, 0.2) is 0 Å². The topological polar surface area (TPSA) is 57.6 Å². The summed E-state index contributed by atoms with van der Waals surface area (Å²) in [7, 11) is -3.95. The van der Waals surface area contributed by atoms with Gasteiger partial charge in [-0.2, -0.15) is 8.42 Å². The molecule has 1 aliphatic rings. The average Bonchev–Trinajstić information content (AvgIpc) is 2.96. The highest BCUT2D eigenvalue weighted by Crippen LogP contribution is 2.49. The molecular formula is C20H23NO3S2. The maximum absolute atomic E-state index is 11.1. The summed E-state index contributed by atoms with van der Waals surface area (Å²) in [5.74, 6) is -0.230. The zero-order valence-electron chi connectivity index (χ0n) is 15.0. The largest absolute Gasteiger partial charge is 0.334 e. The molecule has 0 saturated carbocycles. The van der Waals surface area contributed by atoms with Crippen LogP contribution in [0.25, 0.3) is 10.8 Å². The molecule has 0 unspecified atom stereocenters. The summed E-state index contributed by atoms with van der Waals surface area (Å²) in [5, 5.41) is 3.42. The van der Waals surface area contributed by atoms with E-state index >= 15 is 0 Å². The van der Waals surface area contributed by atoms with Gasteiger partial charge in [0.2, 0.25) is 0 Å². The van der Waals surface area contributed by atoms with E-state index in [1.165, 1.54) is 10.5 Å². The Labute approximate surface area is 159 Å². The van der Waals surface area contributed by atoms with Gasteiger partial charge in [0.1, 0.15) is 0 Å². The van der Waals surface area contributed by atoms with E-state index in [2.05, 4.69) is 48.2 Å². The Morgan fingerprint density at radius 1 is 1.23 bits per heavy atom. The zero-order chi connectivity index (χ0) is 18.7. The fraction of sp³-hybridized carbons (Fsp3) is 0.300. The first-order chi connectivity index (χ1) is 12.4. The first-order valence-electron chi connectivity index (χ1n) is 8.72. The molecule has 0 aromatic heterocycles. The van der Waals surface area contributed by atoms with Crippen molar-refractivity contribution in [1.82, 2.24) is 0 Å². The molecule has 2 aromatic rings. The number of hydrogen-bond donors (Lipinski definition) is 1. The summed E-state index contributed by atoms with van der Waals surface area (Å²) < 4.78 is 31.3. The molecule has 0 bridgehead atoms. The predicted molar refractivity (Wildman–Crippen MR) is 110 cm³/mol. The monoisotopic (exact) mass is 389 g/mol. The standard InChI is InChI=1S/C20H23NO3S2/c1-3-15(4-2)14-19-21(12-7-13-26(22,23)24)20-17-9-6-5-8-16(17)10-11-18(20)25-19/h3,5-6,8-11,14H,4,7,12-13H2,1-2H3,(H,22,23,24). The van der Waals surface area contributed by atoms with Crippen molar-refractivity contribution >= 4 is 38.3 Å². The van der Waals surface area contributed by atoms with Gasteiger partial charge in [-0.15, -0.1) is 0 Å². The maximum Gasteiger partial charge on any atom is 0.264 e. The molecule has 0 spiro atoms. The van der Waals surface area contributed by atoms with Crippen LogP contribution in [0.4, 0.5) is 5.69 Å². The summed E-state index contributed by atoms with van der Waals surface area (Å²) >= 11 is 1.71. The SMILES string of the molecule is CC=C(C=C1Sc2ccc3ccccc3c2N1CCCS(=O)(=O)O)CC. The van der Waals surface area contributed by atoms with Crippen LogP contribution < -0.4 is 4.90 Å². The summed E-state index contributed by atoms with van der Waals surface area (Å²) in [6, 6.07) is 12.5. The first kappa shape index (κ1) is 19.0. The van der Waals surface area contributed by atoms with Gasteiger partial charge < -0.3 is 4.90 Å². The molecular weight excluding hydrogens is 366 g/mol. The van der Waals surface area contributed by atoms with Gasteiger partial charge >= 0.3 is 0 Å². The normalized spacial score (nSPS) is 16.5. The summed E-state index contributed by atoms with van der Waals surface area (Å²) in [6.45, 7) is 4.69. The molecule has 1 N–H and O–H groups in total. The van der Waals surface area contributed by atoms with Crippen molar-refractivity contribution in [1.29, 1.82) is 0 Å². The summed E-state index contributed by atoms with van der Waals surface area (Å²) in [6.07, 6.45) is 5.59. The Hall–Kier alpha value is -1.76. The van der Waals surface area contributed by atoms with E-state index in [1.807, 2.05) is 19.1 Å². The molecule has 1 heterocycles. The Kier molecular flexibility index (Phi) is 5.75. The van der Waals surface area contributed by atoms with E-state index in [0.29, 0.717) is 13.0 Å². The zero-order valence-corrected chi connectivity index (χ0v) is 16.6. The van der Waals surface area contributed by atoms with Crippen molar-refractivity contribution in [3.8, 4) is 0 Å². The van der Waals surface area contributed by atoms with Gasteiger partial charge in [0.25, 0.3) is 10.1 Å². The van der Waals surface area contributed by atoms with Crippen LogP contribution in [0.3, 0.4) is 0 Å².